The number of nitrogens with zero attached hydrogens (tertiary/aromatic N) is 2. The molecule has 4 rings (SSSR count). The van der Waals surface area contributed by atoms with E-state index in [1.165, 1.54) is 10.6 Å². The number of carbonyl (C=O) groups is 1. The highest BCUT2D eigenvalue weighted by Gasteiger charge is 2.25. The first-order valence-electron chi connectivity index (χ1n) is 9.19. The molecule has 1 aliphatic rings. The number of imidazole rings is 1. The Balaban J connectivity index is 1.55. The van der Waals surface area contributed by atoms with Gasteiger partial charge < -0.3 is 10.3 Å². The van der Waals surface area contributed by atoms with E-state index >= 15 is 0 Å². The Bertz CT molecular complexity index is 1120. The van der Waals surface area contributed by atoms with Gasteiger partial charge in [0, 0.05) is 12.1 Å². The van der Waals surface area contributed by atoms with Gasteiger partial charge in [-0.3, -0.25) is 9.10 Å². The van der Waals surface area contributed by atoms with Crippen molar-refractivity contribution >= 4 is 32.7 Å². The Morgan fingerprint density at radius 1 is 1.25 bits per heavy atom. The maximum atomic E-state index is 12.7. The summed E-state index contributed by atoms with van der Waals surface area (Å²) in [5, 5.41) is 2.96. The minimum absolute atomic E-state index is 0.216. The molecule has 7 nitrogen and oxygen atoms in total. The zero-order chi connectivity index (χ0) is 19.9. The number of hydrogen-bond acceptors (Lipinski definition) is 4. The van der Waals surface area contributed by atoms with Crippen LogP contribution >= 0.6 is 0 Å². The number of sulfonamides is 1. The van der Waals surface area contributed by atoms with Crippen molar-refractivity contribution in [3.63, 3.8) is 0 Å². The monoisotopic (exact) mass is 398 g/mol. The van der Waals surface area contributed by atoms with E-state index in [0.29, 0.717) is 23.6 Å². The molecule has 0 unspecified atom stereocenters. The average molecular weight is 398 g/mol. The van der Waals surface area contributed by atoms with E-state index in [1.807, 2.05) is 31.2 Å². The molecule has 8 heteroatoms. The van der Waals surface area contributed by atoms with Gasteiger partial charge in [-0.15, -0.1) is 0 Å². The minimum Gasteiger partial charge on any atom is -0.342 e. The third-order valence-electron chi connectivity index (χ3n) is 4.98. The van der Waals surface area contributed by atoms with Crippen molar-refractivity contribution in [1.82, 2.24) is 15.3 Å². The Hall–Kier alpha value is -2.87. The summed E-state index contributed by atoms with van der Waals surface area (Å²) in [6, 6.07) is 12.6. The van der Waals surface area contributed by atoms with Gasteiger partial charge in [0.2, 0.25) is 10.0 Å². The molecule has 0 aliphatic carbocycles. The molecule has 1 aliphatic heterocycles. The van der Waals surface area contributed by atoms with Crippen molar-refractivity contribution < 1.29 is 13.2 Å². The first-order chi connectivity index (χ1) is 13.3. The molecule has 0 saturated heterocycles. The number of hydrogen-bond donors (Lipinski definition) is 2. The number of rotatable bonds is 4. The Labute approximate surface area is 163 Å². The van der Waals surface area contributed by atoms with Gasteiger partial charge in [0.15, 0.2) is 0 Å². The number of anilines is 1. The second-order valence-corrected chi connectivity index (χ2v) is 9.02. The van der Waals surface area contributed by atoms with Crippen LogP contribution in [0.2, 0.25) is 0 Å². The van der Waals surface area contributed by atoms with Crippen LogP contribution in [0.1, 0.15) is 41.1 Å². The fraction of sp³-hybridized carbons (Fsp3) is 0.300. The SMILES string of the molecule is C[C@H](NC(=O)c1ccc2c(c1)CCCN2S(C)(=O)=O)c1nc2ccccc2[nH]1. The predicted octanol–water partition coefficient (Wildman–Crippen LogP) is 2.77. The van der Waals surface area contributed by atoms with Gasteiger partial charge in [-0.25, -0.2) is 13.4 Å². The van der Waals surface area contributed by atoms with Gasteiger partial charge in [-0.2, -0.15) is 0 Å². The number of aryl methyl sites for hydroxylation is 1. The minimum atomic E-state index is -3.32. The van der Waals surface area contributed by atoms with E-state index in [1.54, 1.807) is 18.2 Å². The van der Waals surface area contributed by atoms with Gasteiger partial charge >= 0.3 is 0 Å². The summed E-state index contributed by atoms with van der Waals surface area (Å²) in [5.74, 6) is 0.475. The summed E-state index contributed by atoms with van der Waals surface area (Å²) in [5.41, 5.74) is 3.83. The molecule has 0 radical (unpaired) electrons. The molecule has 1 aromatic heterocycles. The van der Waals surface area contributed by atoms with E-state index < -0.39 is 10.0 Å². The number of benzene rings is 2. The standard InChI is InChI=1S/C20H22N4O3S/c1-13(19-22-16-7-3-4-8-17(16)23-19)21-20(25)15-9-10-18-14(12-15)6-5-11-24(18)28(2,26)27/h3-4,7-10,12-13H,5-6,11H2,1-2H3,(H,21,25)(H,22,23)/t13-/m0/s1. The van der Waals surface area contributed by atoms with Crippen LogP contribution in [0.3, 0.4) is 0 Å². The molecule has 0 bridgehead atoms. The van der Waals surface area contributed by atoms with Crippen LogP contribution in [-0.4, -0.2) is 37.1 Å². The lowest BCUT2D eigenvalue weighted by Gasteiger charge is -2.29. The number of nitrogens with one attached hydrogen (secondary N) is 2. The number of aromatic nitrogens is 2. The molecule has 1 atom stereocenters. The summed E-state index contributed by atoms with van der Waals surface area (Å²) < 4.78 is 25.4. The number of para-hydroxylation sites is 2. The van der Waals surface area contributed by atoms with Crippen LogP contribution in [0, 0.1) is 0 Å². The zero-order valence-corrected chi connectivity index (χ0v) is 16.6. The summed E-state index contributed by atoms with van der Waals surface area (Å²) in [6.45, 7) is 2.35. The molecule has 0 spiro atoms. The summed E-state index contributed by atoms with van der Waals surface area (Å²) in [4.78, 5) is 20.5. The van der Waals surface area contributed by atoms with Gasteiger partial charge in [-0.05, 0) is 55.7 Å². The first-order valence-corrected chi connectivity index (χ1v) is 11.0. The van der Waals surface area contributed by atoms with Crippen LogP contribution < -0.4 is 9.62 Å². The van der Waals surface area contributed by atoms with Gasteiger partial charge in [0.25, 0.3) is 5.91 Å². The molecule has 2 N–H and O–H groups in total. The van der Waals surface area contributed by atoms with Crippen molar-refractivity contribution in [1.29, 1.82) is 0 Å². The van der Waals surface area contributed by atoms with Crippen molar-refractivity contribution in [2.75, 3.05) is 17.1 Å². The number of amides is 1. The van der Waals surface area contributed by atoms with E-state index in [0.717, 1.165) is 29.4 Å². The molecule has 146 valence electrons. The van der Waals surface area contributed by atoms with Gasteiger partial charge in [0.05, 0.1) is 29.0 Å². The molecule has 1 amide bonds. The van der Waals surface area contributed by atoms with Crippen molar-refractivity contribution in [2.45, 2.75) is 25.8 Å². The fourth-order valence-corrected chi connectivity index (χ4v) is 4.57. The molecular weight excluding hydrogens is 376 g/mol. The number of carbonyl (C=O) groups excluding carboxylic acids is 1. The topological polar surface area (TPSA) is 95.2 Å². The van der Waals surface area contributed by atoms with Crippen molar-refractivity contribution in [2.24, 2.45) is 0 Å². The van der Waals surface area contributed by atoms with E-state index in [-0.39, 0.29) is 11.9 Å². The lowest BCUT2D eigenvalue weighted by Crippen LogP contribution is -2.35. The molecule has 0 fully saturated rings. The van der Waals surface area contributed by atoms with Crippen LogP contribution in [0.5, 0.6) is 0 Å². The Morgan fingerprint density at radius 3 is 2.79 bits per heavy atom. The quantitative estimate of drug-likeness (QED) is 0.706. The zero-order valence-electron chi connectivity index (χ0n) is 15.8. The summed E-state index contributed by atoms with van der Waals surface area (Å²) >= 11 is 0. The third kappa shape index (κ3) is 3.47. The van der Waals surface area contributed by atoms with E-state index in [4.69, 9.17) is 0 Å². The van der Waals surface area contributed by atoms with E-state index in [9.17, 15) is 13.2 Å². The van der Waals surface area contributed by atoms with Crippen LogP contribution in [0.15, 0.2) is 42.5 Å². The predicted molar refractivity (Wildman–Crippen MR) is 109 cm³/mol. The molecule has 2 aromatic carbocycles. The fourth-order valence-electron chi connectivity index (χ4n) is 3.57. The lowest BCUT2D eigenvalue weighted by atomic mass is 10.0. The van der Waals surface area contributed by atoms with Gasteiger partial charge in [0.1, 0.15) is 5.82 Å². The number of fused-ring (bicyclic) bond motifs is 2. The van der Waals surface area contributed by atoms with Gasteiger partial charge in [-0.1, -0.05) is 12.1 Å². The third-order valence-corrected chi connectivity index (χ3v) is 6.16. The molecule has 3 aromatic rings. The maximum absolute atomic E-state index is 12.7. The van der Waals surface area contributed by atoms with Crippen LogP contribution in [-0.2, 0) is 16.4 Å². The van der Waals surface area contributed by atoms with E-state index in [2.05, 4.69) is 15.3 Å². The summed E-state index contributed by atoms with van der Waals surface area (Å²) in [7, 11) is -3.32. The highest BCUT2D eigenvalue weighted by molar-refractivity contribution is 7.92. The van der Waals surface area contributed by atoms with Crippen molar-refractivity contribution in [3.8, 4) is 0 Å². The second-order valence-electron chi connectivity index (χ2n) is 7.12. The smallest absolute Gasteiger partial charge is 0.251 e. The highest BCUT2D eigenvalue weighted by atomic mass is 32.2. The maximum Gasteiger partial charge on any atom is 0.251 e. The summed E-state index contributed by atoms with van der Waals surface area (Å²) in [6.07, 6.45) is 2.69. The largest absolute Gasteiger partial charge is 0.342 e. The number of aromatic amines is 1. The lowest BCUT2D eigenvalue weighted by molar-refractivity contribution is 0.0938. The molecule has 2 heterocycles. The molecule has 28 heavy (non-hydrogen) atoms. The second kappa shape index (κ2) is 6.94. The normalized spacial score (nSPS) is 15.3. The first kappa shape index (κ1) is 18.5. The highest BCUT2D eigenvalue weighted by Crippen LogP contribution is 2.30. The average Bonchev–Trinajstić information content (AvgIpc) is 3.10. The Morgan fingerprint density at radius 2 is 2.04 bits per heavy atom. The number of H-pyrrole nitrogens is 1. The van der Waals surface area contributed by atoms with Crippen molar-refractivity contribution in [3.05, 3.63) is 59.4 Å². The van der Waals surface area contributed by atoms with Crippen LogP contribution in [0.4, 0.5) is 5.69 Å². The van der Waals surface area contributed by atoms with Crippen LogP contribution in [0.25, 0.3) is 11.0 Å². The molecule has 0 saturated carbocycles. The Kier molecular flexibility index (Phi) is 4.58. The molecular formula is C20H22N4O3S.